The first-order valence-electron chi connectivity index (χ1n) is 14.3. The van der Waals surface area contributed by atoms with Gasteiger partial charge in [0.15, 0.2) is 5.78 Å². The molecule has 0 fully saturated rings. The molecule has 0 aliphatic heterocycles. The number of para-hydroxylation sites is 1. The smallest absolute Gasteiger partial charge is 0.159 e. The molecule has 5 rings (SSSR count). The third-order valence-electron chi connectivity index (χ3n) is 6.61. The molecule has 0 saturated carbocycles. The Kier molecular flexibility index (Phi) is 12.5. The van der Waals surface area contributed by atoms with E-state index in [2.05, 4.69) is 42.5 Å². The van der Waals surface area contributed by atoms with Crippen molar-refractivity contribution >= 4 is 16.7 Å². The standard InChI is InChI=1S/C27H17FN.C11H20O2.Ir/c28-23-15-13-20(14-16-23)25-18-27(29-26-12-5-4-11-24(25)26)22-10-6-9-21(17-22)19-7-2-1-3-8-19;1-8(2)5-10(12)7-11(13)6-9(3)4;/h1-9,11-18H;7-9,12H,5-6H2,1-4H3;/q-1;;/b;10-7-;. The van der Waals surface area contributed by atoms with Crippen molar-refractivity contribution in [1.82, 2.24) is 4.98 Å². The number of rotatable bonds is 8. The second-order valence-electron chi connectivity index (χ2n) is 11.2. The van der Waals surface area contributed by atoms with Gasteiger partial charge in [0.25, 0.3) is 0 Å². The Balaban J connectivity index is 0.000000310. The summed E-state index contributed by atoms with van der Waals surface area (Å²) in [5, 5.41) is 10.4. The zero-order valence-electron chi connectivity index (χ0n) is 25.0. The molecule has 5 aromatic rings. The van der Waals surface area contributed by atoms with E-state index < -0.39 is 0 Å². The van der Waals surface area contributed by atoms with E-state index in [4.69, 9.17) is 4.98 Å². The molecular formula is C38H37FIrNO2-. The molecule has 0 bridgehead atoms. The Morgan fingerprint density at radius 1 is 0.814 bits per heavy atom. The predicted octanol–water partition coefficient (Wildman–Crippen LogP) is 10.3. The van der Waals surface area contributed by atoms with Gasteiger partial charge in [0.2, 0.25) is 0 Å². The summed E-state index contributed by atoms with van der Waals surface area (Å²) < 4.78 is 13.4. The van der Waals surface area contributed by atoms with Gasteiger partial charge in [-0.15, -0.1) is 35.4 Å². The Labute approximate surface area is 267 Å². The number of hydrogen-bond donors (Lipinski definition) is 1. The molecule has 3 nitrogen and oxygen atoms in total. The first-order chi connectivity index (χ1) is 20.2. The number of hydrogen-bond acceptors (Lipinski definition) is 3. The van der Waals surface area contributed by atoms with Crippen LogP contribution >= 0.6 is 0 Å². The minimum Gasteiger partial charge on any atom is -0.512 e. The number of allylic oxidation sites excluding steroid dienone is 2. The Morgan fingerprint density at radius 3 is 2.14 bits per heavy atom. The van der Waals surface area contributed by atoms with Gasteiger partial charge < -0.3 is 5.11 Å². The maximum Gasteiger partial charge on any atom is 0.159 e. The molecule has 43 heavy (non-hydrogen) atoms. The van der Waals surface area contributed by atoms with Gasteiger partial charge in [-0.2, -0.15) is 0 Å². The van der Waals surface area contributed by atoms with Gasteiger partial charge in [0, 0.05) is 44.4 Å². The van der Waals surface area contributed by atoms with Gasteiger partial charge in [-0.25, -0.2) is 4.39 Å². The van der Waals surface area contributed by atoms with Gasteiger partial charge in [-0.1, -0.05) is 94.4 Å². The fourth-order valence-electron chi connectivity index (χ4n) is 4.73. The van der Waals surface area contributed by atoms with E-state index in [-0.39, 0.29) is 37.5 Å². The largest absolute Gasteiger partial charge is 0.512 e. The van der Waals surface area contributed by atoms with Crippen LogP contribution in [0.1, 0.15) is 40.5 Å². The summed E-state index contributed by atoms with van der Waals surface area (Å²) in [6.07, 6.45) is 2.46. The normalized spacial score (nSPS) is 11.2. The first-order valence-corrected chi connectivity index (χ1v) is 14.3. The molecule has 1 radical (unpaired) electrons. The van der Waals surface area contributed by atoms with E-state index >= 15 is 0 Å². The van der Waals surface area contributed by atoms with Crippen molar-refractivity contribution in [1.29, 1.82) is 0 Å². The van der Waals surface area contributed by atoms with Crippen molar-refractivity contribution in [3.05, 3.63) is 127 Å². The van der Waals surface area contributed by atoms with Crippen LogP contribution in [-0.2, 0) is 24.9 Å². The molecule has 1 heterocycles. The van der Waals surface area contributed by atoms with Gasteiger partial charge >= 0.3 is 0 Å². The van der Waals surface area contributed by atoms with Crippen molar-refractivity contribution in [2.24, 2.45) is 11.8 Å². The number of aliphatic hydroxyl groups excluding tert-OH is 1. The molecule has 1 N–H and O–H groups in total. The molecule has 4 aromatic carbocycles. The van der Waals surface area contributed by atoms with E-state index in [0.717, 1.165) is 44.4 Å². The molecule has 0 aliphatic carbocycles. The van der Waals surface area contributed by atoms with Crippen LogP contribution in [0.2, 0.25) is 0 Å². The average molecular weight is 751 g/mol. The van der Waals surface area contributed by atoms with E-state index in [1.807, 2.05) is 82.3 Å². The summed E-state index contributed by atoms with van der Waals surface area (Å²) in [6.45, 7) is 8.00. The second-order valence-corrected chi connectivity index (χ2v) is 11.2. The van der Waals surface area contributed by atoms with Crippen LogP contribution in [0.5, 0.6) is 0 Å². The molecule has 0 atom stereocenters. The minimum absolute atomic E-state index is 0. The maximum absolute atomic E-state index is 13.4. The quantitative estimate of drug-likeness (QED) is 0.0976. The molecule has 0 unspecified atom stereocenters. The number of halogens is 1. The van der Waals surface area contributed by atoms with Gasteiger partial charge in [0.05, 0.1) is 11.3 Å². The van der Waals surface area contributed by atoms with Crippen LogP contribution in [0.25, 0.3) is 44.4 Å². The number of aliphatic hydroxyl groups is 1. The number of nitrogens with zero attached hydrogens (tertiary/aromatic N) is 1. The summed E-state index contributed by atoms with van der Waals surface area (Å²) in [4.78, 5) is 16.1. The topological polar surface area (TPSA) is 50.2 Å². The number of benzene rings is 4. The summed E-state index contributed by atoms with van der Waals surface area (Å²) in [5.74, 6) is 0.740. The fraction of sp³-hybridized carbons (Fsp3) is 0.211. The molecule has 1 aromatic heterocycles. The molecule has 5 heteroatoms. The van der Waals surface area contributed by atoms with Crippen LogP contribution < -0.4 is 0 Å². The van der Waals surface area contributed by atoms with Crippen molar-refractivity contribution in [2.75, 3.05) is 0 Å². The molecule has 0 saturated heterocycles. The second kappa shape index (κ2) is 16.1. The van der Waals surface area contributed by atoms with E-state index in [1.54, 1.807) is 0 Å². The molecule has 223 valence electrons. The van der Waals surface area contributed by atoms with Crippen LogP contribution in [0.4, 0.5) is 4.39 Å². The predicted molar refractivity (Wildman–Crippen MR) is 171 cm³/mol. The number of fused-ring (bicyclic) bond motifs is 1. The average Bonchev–Trinajstić information content (AvgIpc) is 2.97. The van der Waals surface area contributed by atoms with Crippen LogP contribution in [0.3, 0.4) is 0 Å². The summed E-state index contributed by atoms with van der Waals surface area (Å²) in [7, 11) is 0. The number of carbonyl (C=O) groups excluding carboxylic acids is 1. The molecule has 0 amide bonds. The number of aromatic nitrogens is 1. The summed E-state index contributed by atoms with van der Waals surface area (Å²) in [6, 6.07) is 36.4. The fourth-order valence-corrected chi connectivity index (χ4v) is 4.73. The Hall–Kier alpha value is -3.92. The maximum atomic E-state index is 13.4. The van der Waals surface area contributed by atoms with Crippen molar-refractivity contribution in [2.45, 2.75) is 40.5 Å². The summed E-state index contributed by atoms with van der Waals surface area (Å²) in [5.41, 5.74) is 6.96. The Bertz CT molecular complexity index is 1660. The van der Waals surface area contributed by atoms with Gasteiger partial charge in [-0.3, -0.25) is 9.78 Å². The third kappa shape index (κ3) is 9.81. The zero-order valence-corrected chi connectivity index (χ0v) is 27.4. The van der Waals surface area contributed by atoms with Crippen LogP contribution in [-0.4, -0.2) is 15.9 Å². The minimum atomic E-state index is -0.240. The number of pyridine rings is 1. The van der Waals surface area contributed by atoms with Gasteiger partial charge in [0.1, 0.15) is 5.82 Å². The SMILES string of the molecule is CC(C)CC(=O)/C=C(\O)CC(C)C.Fc1ccc(-c2cc(-c3[c-]ccc(-c4ccccc4)c3)nc3ccccc23)cc1.[Ir]. The monoisotopic (exact) mass is 751 g/mol. The number of ketones is 1. The van der Waals surface area contributed by atoms with Crippen LogP contribution in [0, 0.1) is 23.7 Å². The molecular weight excluding hydrogens is 714 g/mol. The van der Waals surface area contributed by atoms with E-state index in [9.17, 15) is 14.3 Å². The Morgan fingerprint density at radius 2 is 1.47 bits per heavy atom. The first kappa shape index (κ1) is 33.6. The third-order valence-corrected chi connectivity index (χ3v) is 6.61. The van der Waals surface area contributed by atoms with E-state index in [0.29, 0.717) is 24.7 Å². The van der Waals surface area contributed by atoms with Crippen molar-refractivity contribution < 1.29 is 34.4 Å². The van der Waals surface area contributed by atoms with Crippen molar-refractivity contribution in [3.8, 4) is 33.5 Å². The van der Waals surface area contributed by atoms with Crippen molar-refractivity contribution in [3.63, 3.8) is 0 Å². The zero-order chi connectivity index (χ0) is 30.1. The molecule has 0 aliphatic rings. The molecule has 0 spiro atoms. The summed E-state index contributed by atoms with van der Waals surface area (Å²) >= 11 is 0. The number of carbonyl (C=O) groups is 1. The van der Waals surface area contributed by atoms with Crippen LogP contribution in [0.15, 0.2) is 115 Å². The van der Waals surface area contributed by atoms with E-state index in [1.165, 1.54) is 18.2 Å². The van der Waals surface area contributed by atoms with Gasteiger partial charge in [-0.05, 0) is 52.4 Å².